The molecule has 0 atom stereocenters. The molecule has 26 heavy (non-hydrogen) atoms. The standard InChI is InChI=1S/C20H26ClN3O2/c1-3-24-12-10-17(11-13-24)23(2)20(25)9-8-19-22-14-18(26-19)15-4-6-16(21)7-5-15/h4-7,14,17H,3,8-13H2,1-2H3. The molecule has 0 saturated carbocycles. The Labute approximate surface area is 159 Å². The first kappa shape index (κ1) is 18.9. The third-order valence-corrected chi connectivity index (χ3v) is 5.43. The van der Waals surface area contributed by atoms with E-state index >= 15 is 0 Å². The highest BCUT2D eigenvalue weighted by atomic mass is 35.5. The maximum atomic E-state index is 12.5. The van der Waals surface area contributed by atoms with Crippen molar-refractivity contribution in [3.05, 3.63) is 41.4 Å². The number of oxazole rings is 1. The number of nitrogens with zero attached hydrogens (tertiary/aromatic N) is 3. The van der Waals surface area contributed by atoms with E-state index in [4.69, 9.17) is 16.0 Å². The second kappa shape index (κ2) is 8.69. The summed E-state index contributed by atoms with van der Waals surface area (Å²) in [7, 11) is 1.92. The molecule has 1 aliphatic heterocycles. The lowest BCUT2D eigenvalue weighted by Gasteiger charge is -2.36. The molecule has 3 rings (SSSR count). The Bertz CT molecular complexity index is 721. The van der Waals surface area contributed by atoms with Gasteiger partial charge in [0, 0.05) is 49.6 Å². The normalized spacial score (nSPS) is 16.0. The SMILES string of the molecule is CCN1CCC(N(C)C(=O)CCc2ncc(-c3ccc(Cl)cc3)o2)CC1. The van der Waals surface area contributed by atoms with Gasteiger partial charge in [0.25, 0.3) is 0 Å². The molecular weight excluding hydrogens is 350 g/mol. The Hall–Kier alpha value is -1.85. The summed E-state index contributed by atoms with van der Waals surface area (Å²) in [5, 5.41) is 0.687. The number of halogens is 1. The highest BCUT2D eigenvalue weighted by molar-refractivity contribution is 6.30. The molecule has 1 saturated heterocycles. The van der Waals surface area contributed by atoms with Gasteiger partial charge in [0.1, 0.15) is 0 Å². The summed E-state index contributed by atoms with van der Waals surface area (Å²) in [5.41, 5.74) is 0.930. The van der Waals surface area contributed by atoms with Crippen molar-refractivity contribution < 1.29 is 9.21 Å². The van der Waals surface area contributed by atoms with Gasteiger partial charge in [-0.3, -0.25) is 4.79 Å². The lowest BCUT2D eigenvalue weighted by molar-refractivity contribution is -0.132. The van der Waals surface area contributed by atoms with Crippen LogP contribution in [0.4, 0.5) is 0 Å². The maximum Gasteiger partial charge on any atom is 0.223 e. The Kier molecular flexibility index (Phi) is 6.33. The van der Waals surface area contributed by atoms with Gasteiger partial charge in [0.05, 0.1) is 6.20 Å². The number of piperidine rings is 1. The molecule has 0 aliphatic carbocycles. The number of aryl methyl sites for hydroxylation is 1. The van der Waals surface area contributed by atoms with E-state index in [1.54, 1.807) is 6.20 Å². The van der Waals surface area contributed by atoms with Crippen LogP contribution < -0.4 is 0 Å². The first-order valence-corrected chi connectivity index (χ1v) is 9.63. The summed E-state index contributed by atoms with van der Waals surface area (Å²) in [6.45, 7) is 5.42. The van der Waals surface area contributed by atoms with Crippen molar-refractivity contribution in [1.82, 2.24) is 14.8 Å². The molecular formula is C20H26ClN3O2. The van der Waals surface area contributed by atoms with Gasteiger partial charge in [-0.2, -0.15) is 0 Å². The second-order valence-electron chi connectivity index (χ2n) is 6.80. The summed E-state index contributed by atoms with van der Waals surface area (Å²) >= 11 is 5.91. The van der Waals surface area contributed by atoms with Gasteiger partial charge in [-0.25, -0.2) is 4.98 Å². The van der Waals surface area contributed by atoms with Crippen molar-refractivity contribution in [1.29, 1.82) is 0 Å². The Balaban J connectivity index is 1.51. The van der Waals surface area contributed by atoms with Gasteiger partial charge in [-0.05, 0) is 43.7 Å². The van der Waals surface area contributed by atoms with Crippen molar-refractivity contribution >= 4 is 17.5 Å². The lowest BCUT2D eigenvalue weighted by Crippen LogP contribution is -2.45. The van der Waals surface area contributed by atoms with E-state index < -0.39 is 0 Å². The Morgan fingerprint density at radius 2 is 2.00 bits per heavy atom. The van der Waals surface area contributed by atoms with E-state index in [-0.39, 0.29) is 5.91 Å². The number of hydrogen-bond donors (Lipinski definition) is 0. The molecule has 0 radical (unpaired) electrons. The number of benzene rings is 1. The van der Waals surface area contributed by atoms with Crippen LogP contribution in [0.25, 0.3) is 11.3 Å². The predicted molar refractivity (Wildman–Crippen MR) is 103 cm³/mol. The van der Waals surface area contributed by atoms with Crippen LogP contribution in [0.3, 0.4) is 0 Å². The topological polar surface area (TPSA) is 49.6 Å². The van der Waals surface area contributed by atoms with Crippen LogP contribution in [-0.4, -0.2) is 53.4 Å². The Morgan fingerprint density at radius 1 is 1.31 bits per heavy atom. The molecule has 2 heterocycles. The molecule has 140 valence electrons. The molecule has 6 heteroatoms. The zero-order valence-electron chi connectivity index (χ0n) is 15.4. The first-order chi connectivity index (χ1) is 12.6. The minimum atomic E-state index is 0.159. The van der Waals surface area contributed by atoms with Crippen LogP contribution in [-0.2, 0) is 11.2 Å². The highest BCUT2D eigenvalue weighted by Gasteiger charge is 2.24. The van der Waals surface area contributed by atoms with Crippen LogP contribution in [0.15, 0.2) is 34.9 Å². The molecule has 1 aliphatic rings. The first-order valence-electron chi connectivity index (χ1n) is 9.25. The number of rotatable bonds is 6. The molecule has 1 fully saturated rings. The van der Waals surface area contributed by atoms with E-state index in [1.165, 1.54) is 0 Å². The molecule has 0 unspecified atom stereocenters. The van der Waals surface area contributed by atoms with Crippen LogP contribution in [0.2, 0.25) is 5.02 Å². The van der Waals surface area contributed by atoms with Gasteiger partial charge < -0.3 is 14.2 Å². The van der Waals surface area contributed by atoms with Gasteiger partial charge in [-0.1, -0.05) is 18.5 Å². The fraction of sp³-hybridized carbons (Fsp3) is 0.500. The van der Waals surface area contributed by atoms with E-state index in [1.807, 2.05) is 36.2 Å². The van der Waals surface area contributed by atoms with Gasteiger partial charge in [0.2, 0.25) is 5.91 Å². The smallest absolute Gasteiger partial charge is 0.223 e. The molecule has 5 nitrogen and oxygen atoms in total. The monoisotopic (exact) mass is 375 g/mol. The molecule has 1 aromatic heterocycles. The number of hydrogen-bond acceptors (Lipinski definition) is 4. The largest absolute Gasteiger partial charge is 0.441 e. The number of carbonyl (C=O) groups excluding carboxylic acids is 1. The average Bonchev–Trinajstić information content (AvgIpc) is 3.15. The minimum Gasteiger partial charge on any atom is -0.441 e. The van der Waals surface area contributed by atoms with Crippen LogP contribution >= 0.6 is 11.6 Å². The fourth-order valence-electron chi connectivity index (χ4n) is 3.39. The summed E-state index contributed by atoms with van der Waals surface area (Å²) < 4.78 is 5.78. The van der Waals surface area contributed by atoms with E-state index in [0.717, 1.165) is 38.0 Å². The number of carbonyl (C=O) groups is 1. The molecule has 1 amide bonds. The second-order valence-corrected chi connectivity index (χ2v) is 7.23. The molecule has 0 spiro atoms. The van der Waals surface area contributed by atoms with Crippen molar-refractivity contribution in [2.75, 3.05) is 26.7 Å². The molecule has 0 bridgehead atoms. The third kappa shape index (κ3) is 4.65. The van der Waals surface area contributed by atoms with Crippen molar-refractivity contribution in [3.8, 4) is 11.3 Å². The van der Waals surface area contributed by atoms with E-state index in [9.17, 15) is 4.79 Å². The lowest BCUT2D eigenvalue weighted by atomic mass is 10.0. The van der Waals surface area contributed by atoms with E-state index in [2.05, 4.69) is 16.8 Å². The van der Waals surface area contributed by atoms with Crippen molar-refractivity contribution in [3.63, 3.8) is 0 Å². The van der Waals surface area contributed by atoms with Gasteiger partial charge in [-0.15, -0.1) is 0 Å². The molecule has 1 aromatic carbocycles. The summed E-state index contributed by atoms with van der Waals surface area (Å²) in [6, 6.07) is 7.78. The van der Waals surface area contributed by atoms with Crippen molar-refractivity contribution in [2.24, 2.45) is 0 Å². The third-order valence-electron chi connectivity index (χ3n) is 5.18. The number of likely N-dealkylation sites (tertiary alicyclic amines) is 1. The summed E-state index contributed by atoms with van der Waals surface area (Å²) in [6.07, 6.45) is 4.74. The highest BCUT2D eigenvalue weighted by Crippen LogP contribution is 2.23. The van der Waals surface area contributed by atoms with Crippen LogP contribution in [0.5, 0.6) is 0 Å². The average molecular weight is 376 g/mol. The van der Waals surface area contributed by atoms with Gasteiger partial charge in [0.15, 0.2) is 11.7 Å². The van der Waals surface area contributed by atoms with Crippen molar-refractivity contribution in [2.45, 2.75) is 38.6 Å². The number of aromatic nitrogens is 1. The molecule has 2 aromatic rings. The van der Waals surface area contributed by atoms with Gasteiger partial charge >= 0.3 is 0 Å². The van der Waals surface area contributed by atoms with Crippen LogP contribution in [0, 0.1) is 0 Å². The summed E-state index contributed by atoms with van der Waals surface area (Å²) in [4.78, 5) is 21.2. The number of amides is 1. The predicted octanol–water partition coefficient (Wildman–Crippen LogP) is 3.87. The quantitative estimate of drug-likeness (QED) is 0.769. The zero-order chi connectivity index (χ0) is 18.5. The fourth-order valence-corrected chi connectivity index (χ4v) is 3.52. The molecule has 0 N–H and O–H groups in total. The maximum absolute atomic E-state index is 12.5. The Morgan fingerprint density at radius 3 is 2.65 bits per heavy atom. The van der Waals surface area contributed by atoms with E-state index in [0.29, 0.717) is 35.6 Å². The summed E-state index contributed by atoms with van der Waals surface area (Å²) in [5.74, 6) is 1.45. The van der Waals surface area contributed by atoms with Crippen LogP contribution in [0.1, 0.15) is 32.1 Å². The minimum absolute atomic E-state index is 0.159. The zero-order valence-corrected chi connectivity index (χ0v) is 16.2.